The van der Waals surface area contributed by atoms with Gasteiger partial charge in [-0.05, 0) is 62.6 Å². The summed E-state index contributed by atoms with van der Waals surface area (Å²) in [6, 6.07) is 5.50. The predicted molar refractivity (Wildman–Crippen MR) is 119 cm³/mol. The Labute approximate surface area is 182 Å². The highest BCUT2D eigenvalue weighted by Gasteiger charge is 2.36. The van der Waals surface area contributed by atoms with Crippen LogP contribution < -0.4 is 15.8 Å². The molecule has 0 spiro atoms. The number of pyridine rings is 1. The van der Waals surface area contributed by atoms with Crippen LogP contribution in [-0.2, 0) is 6.54 Å². The fraction of sp³-hybridized carbons (Fsp3) is 0.500. The van der Waals surface area contributed by atoms with Gasteiger partial charge in [0, 0.05) is 50.2 Å². The second-order valence-electron chi connectivity index (χ2n) is 8.95. The quantitative estimate of drug-likeness (QED) is 0.754. The van der Waals surface area contributed by atoms with E-state index in [0.29, 0.717) is 19.0 Å². The smallest absolute Gasteiger partial charge is 0.263 e. The van der Waals surface area contributed by atoms with Gasteiger partial charge >= 0.3 is 0 Å². The fourth-order valence-corrected chi connectivity index (χ4v) is 5.30. The van der Waals surface area contributed by atoms with E-state index in [0.717, 1.165) is 50.4 Å². The van der Waals surface area contributed by atoms with Gasteiger partial charge in [0.25, 0.3) is 11.5 Å². The molecule has 7 nitrogen and oxygen atoms in total. The monoisotopic (exact) mass is 419 g/mol. The normalized spacial score (nSPS) is 22.5. The predicted octanol–water partition coefficient (Wildman–Crippen LogP) is 2.88. The number of aromatic nitrogens is 3. The molecule has 7 heteroatoms. The van der Waals surface area contributed by atoms with Crippen molar-refractivity contribution in [1.82, 2.24) is 19.9 Å². The van der Waals surface area contributed by atoms with Crippen LogP contribution >= 0.6 is 0 Å². The molecule has 4 heterocycles. The summed E-state index contributed by atoms with van der Waals surface area (Å²) in [4.78, 5) is 36.9. The molecule has 2 aromatic rings. The lowest BCUT2D eigenvalue weighted by Gasteiger charge is -2.42. The highest BCUT2D eigenvalue weighted by Crippen LogP contribution is 2.36. The summed E-state index contributed by atoms with van der Waals surface area (Å²) in [5.74, 6) is 1.09. The summed E-state index contributed by atoms with van der Waals surface area (Å²) in [6.07, 6.45) is 12.5. The topological polar surface area (TPSA) is 80.1 Å². The van der Waals surface area contributed by atoms with Crippen molar-refractivity contribution in [3.63, 3.8) is 0 Å². The summed E-state index contributed by atoms with van der Waals surface area (Å²) in [7, 11) is 0. The number of anilines is 1. The van der Waals surface area contributed by atoms with E-state index in [1.807, 2.05) is 16.7 Å². The molecule has 1 aliphatic carbocycles. The minimum atomic E-state index is -0.258. The van der Waals surface area contributed by atoms with E-state index in [4.69, 9.17) is 0 Å². The molecular weight excluding hydrogens is 390 g/mol. The molecule has 2 atom stereocenters. The number of hydrogen-bond acceptors (Lipinski definition) is 5. The van der Waals surface area contributed by atoms with E-state index >= 15 is 0 Å². The van der Waals surface area contributed by atoms with Crippen LogP contribution in [0, 0.1) is 5.92 Å². The number of carbonyl (C=O) groups is 1. The zero-order valence-electron chi connectivity index (χ0n) is 17.8. The molecule has 1 fully saturated rings. The Bertz CT molecular complexity index is 1050. The lowest BCUT2D eigenvalue weighted by atomic mass is 9.83. The van der Waals surface area contributed by atoms with Crippen LogP contribution in [0.4, 0.5) is 5.95 Å². The zero-order valence-corrected chi connectivity index (χ0v) is 17.8. The average Bonchev–Trinajstić information content (AvgIpc) is 2.81. The van der Waals surface area contributed by atoms with Crippen LogP contribution in [0.15, 0.2) is 47.0 Å². The third-order valence-electron chi connectivity index (χ3n) is 6.80. The Hall–Kier alpha value is -2.96. The van der Waals surface area contributed by atoms with Crippen LogP contribution in [0.2, 0.25) is 0 Å². The first-order chi connectivity index (χ1) is 15.2. The van der Waals surface area contributed by atoms with Gasteiger partial charge < -0.3 is 14.8 Å². The third kappa shape index (κ3) is 4.13. The van der Waals surface area contributed by atoms with Crippen molar-refractivity contribution in [1.29, 1.82) is 0 Å². The fourth-order valence-electron chi connectivity index (χ4n) is 5.30. The molecule has 0 aromatic carbocycles. The lowest BCUT2D eigenvalue weighted by molar-refractivity contribution is 0.0951. The summed E-state index contributed by atoms with van der Waals surface area (Å²) >= 11 is 0. The summed E-state index contributed by atoms with van der Waals surface area (Å²) in [5, 5.41) is 2.95. The molecule has 0 radical (unpaired) electrons. The van der Waals surface area contributed by atoms with Gasteiger partial charge in [0.1, 0.15) is 5.56 Å². The van der Waals surface area contributed by atoms with Gasteiger partial charge in [-0.1, -0.05) is 11.6 Å². The Morgan fingerprint density at radius 2 is 2.00 bits per heavy atom. The van der Waals surface area contributed by atoms with E-state index in [1.54, 1.807) is 18.5 Å². The van der Waals surface area contributed by atoms with Crippen molar-refractivity contribution in [2.45, 2.75) is 51.0 Å². The van der Waals surface area contributed by atoms with Crippen LogP contribution in [0.3, 0.4) is 0 Å². The third-order valence-corrected chi connectivity index (χ3v) is 6.80. The lowest BCUT2D eigenvalue weighted by Crippen LogP contribution is -2.48. The largest absolute Gasteiger partial charge is 0.352 e. The molecule has 162 valence electrons. The molecule has 3 aliphatic rings. The van der Waals surface area contributed by atoms with E-state index in [1.165, 1.54) is 18.4 Å². The van der Waals surface area contributed by atoms with E-state index in [2.05, 4.69) is 26.3 Å². The molecule has 0 unspecified atom stereocenters. The molecule has 2 aliphatic heterocycles. The van der Waals surface area contributed by atoms with Gasteiger partial charge in [-0.25, -0.2) is 9.97 Å². The summed E-state index contributed by atoms with van der Waals surface area (Å²) in [5.41, 5.74) is 2.54. The van der Waals surface area contributed by atoms with Crippen molar-refractivity contribution < 1.29 is 4.79 Å². The maximum Gasteiger partial charge on any atom is 0.263 e. The summed E-state index contributed by atoms with van der Waals surface area (Å²) in [6.45, 7) is 2.85. The van der Waals surface area contributed by atoms with Gasteiger partial charge in [0.15, 0.2) is 0 Å². The molecule has 5 rings (SSSR count). The van der Waals surface area contributed by atoms with Crippen LogP contribution in [0.5, 0.6) is 0 Å². The van der Waals surface area contributed by atoms with Crippen LogP contribution in [0.1, 0.15) is 60.5 Å². The number of allylic oxidation sites excluding steroid dienone is 1. The molecule has 1 N–H and O–H groups in total. The van der Waals surface area contributed by atoms with Crippen LogP contribution in [-0.4, -0.2) is 40.1 Å². The molecular formula is C24H29N5O2. The Kier molecular flexibility index (Phi) is 5.57. The second-order valence-corrected chi connectivity index (χ2v) is 8.95. The van der Waals surface area contributed by atoms with E-state index in [9.17, 15) is 9.59 Å². The van der Waals surface area contributed by atoms with Crippen molar-refractivity contribution >= 4 is 11.9 Å². The van der Waals surface area contributed by atoms with Gasteiger partial charge in [0.2, 0.25) is 5.95 Å². The minimum Gasteiger partial charge on any atom is -0.352 e. The zero-order chi connectivity index (χ0) is 21.2. The summed E-state index contributed by atoms with van der Waals surface area (Å²) < 4.78 is 1.83. The van der Waals surface area contributed by atoms with Gasteiger partial charge in [-0.3, -0.25) is 9.59 Å². The molecule has 2 bridgehead atoms. The van der Waals surface area contributed by atoms with Gasteiger partial charge in [-0.2, -0.15) is 0 Å². The highest BCUT2D eigenvalue weighted by molar-refractivity contribution is 5.93. The van der Waals surface area contributed by atoms with Crippen molar-refractivity contribution in [3.05, 3.63) is 63.9 Å². The van der Waals surface area contributed by atoms with Gasteiger partial charge in [-0.15, -0.1) is 0 Å². The second kappa shape index (κ2) is 8.65. The van der Waals surface area contributed by atoms with Crippen molar-refractivity contribution in [2.24, 2.45) is 5.92 Å². The number of rotatable bonds is 5. The Morgan fingerprint density at radius 3 is 2.81 bits per heavy atom. The minimum absolute atomic E-state index is 0.161. The SMILES string of the molecule is O=C(NCCC1=CCCCC1)c1ccc2n(c1=O)C[C@H]1C[C@@H]2CN(c2ncccn2)C1. The average molecular weight is 420 g/mol. The molecule has 2 aromatic heterocycles. The highest BCUT2D eigenvalue weighted by atomic mass is 16.2. The van der Waals surface area contributed by atoms with Crippen LogP contribution in [0.25, 0.3) is 0 Å². The Balaban J connectivity index is 1.29. The first kappa shape index (κ1) is 20.0. The molecule has 1 amide bonds. The number of nitrogens with zero attached hydrogens (tertiary/aromatic N) is 4. The van der Waals surface area contributed by atoms with Crippen molar-refractivity contribution in [3.8, 4) is 0 Å². The first-order valence-corrected chi connectivity index (χ1v) is 11.4. The van der Waals surface area contributed by atoms with Crippen molar-refractivity contribution in [2.75, 3.05) is 24.5 Å². The number of nitrogens with one attached hydrogen (secondary N) is 1. The van der Waals surface area contributed by atoms with E-state index < -0.39 is 0 Å². The number of amides is 1. The molecule has 31 heavy (non-hydrogen) atoms. The number of hydrogen-bond donors (Lipinski definition) is 1. The Morgan fingerprint density at radius 1 is 1.13 bits per heavy atom. The van der Waals surface area contributed by atoms with Gasteiger partial charge in [0.05, 0.1) is 0 Å². The molecule has 1 saturated heterocycles. The standard InChI is InChI=1S/C24H29N5O2/c30-22(25-12-9-17-5-2-1-3-6-17)20-7-8-21-19-13-18(15-29(21)23(20)31)14-28(16-19)24-26-10-4-11-27-24/h4-5,7-8,10-11,18-19H,1-3,6,9,12-16H2,(H,25,30)/t18-,19+/m0/s1. The number of carbonyl (C=O) groups excluding carboxylic acids is 1. The van der Waals surface area contributed by atoms with E-state index in [-0.39, 0.29) is 22.9 Å². The maximum atomic E-state index is 13.2. The first-order valence-electron chi connectivity index (χ1n) is 11.4. The number of fused-ring (bicyclic) bond motifs is 4. The molecule has 0 saturated carbocycles. The maximum absolute atomic E-state index is 13.2. The number of piperidine rings is 1.